The molecule has 0 radical (unpaired) electrons. The van der Waals surface area contributed by atoms with E-state index in [1.165, 1.54) is 5.56 Å². The average Bonchev–Trinajstić information content (AvgIpc) is 3.00. The van der Waals surface area contributed by atoms with Crippen LogP contribution in [0.1, 0.15) is 54.4 Å². The standard InChI is InChI=1S/C20H17N3O2/c1-11-8-12(2)16(13(3)9-11)10-23-18-17(21-22-23)19(24)14-6-4-5-7-15(14)20(18)25/h4-9H,10H2,1-3H3. The molecule has 1 aromatic heterocycles. The Labute approximate surface area is 145 Å². The van der Waals surface area contributed by atoms with Gasteiger partial charge in [0, 0.05) is 11.1 Å². The van der Waals surface area contributed by atoms with Gasteiger partial charge in [0.15, 0.2) is 5.69 Å². The second-order valence-electron chi connectivity index (χ2n) is 6.53. The van der Waals surface area contributed by atoms with Crippen molar-refractivity contribution in [1.82, 2.24) is 15.0 Å². The lowest BCUT2D eigenvalue weighted by atomic mass is 9.90. The lowest BCUT2D eigenvalue weighted by Crippen LogP contribution is -2.23. The third-order valence-electron chi connectivity index (χ3n) is 4.73. The van der Waals surface area contributed by atoms with Crippen LogP contribution in [-0.2, 0) is 6.54 Å². The third-order valence-corrected chi connectivity index (χ3v) is 4.73. The molecule has 25 heavy (non-hydrogen) atoms. The third kappa shape index (κ3) is 2.31. The van der Waals surface area contributed by atoms with Crippen molar-refractivity contribution in [2.45, 2.75) is 27.3 Å². The molecule has 0 saturated carbocycles. The Balaban J connectivity index is 1.82. The normalized spacial score (nSPS) is 12.9. The molecule has 0 fully saturated rings. The summed E-state index contributed by atoms with van der Waals surface area (Å²) in [5.41, 5.74) is 5.80. The van der Waals surface area contributed by atoms with Crippen molar-refractivity contribution in [1.29, 1.82) is 0 Å². The predicted molar refractivity (Wildman–Crippen MR) is 93.1 cm³/mol. The van der Waals surface area contributed by atoms with Crippen LogP contribution < -0.4 is 0 Å². The number of rotatable bonds is 2. The first kappa shape index (κ1) is 15.4. The van der Waals surface area contributed by atoms with E-state index in [1.807, 2.05) is 13.8 Å². The molecule has 3 aromatic rings. The SMILES string of the molecule is Cc1cc(C)c(Cn2nnc3c2C(=O)c2ccccc2C3=O)c(C)c1. The van der Waals surface area contributed by atoms with E-state index in [9.17, 15) is 9.59 Å². The van der Waals surface area contributed by atoms with Crippen LogP contribution in [-0.4, -0.2) is 26.6 Å². The van der Waals surface area contributed by atoms with Crippen LogP contribution in [0.2, 0.25) is 0 Å². The summed E-state index contributed by atoms with van der Waals surface area (Å²) >= 11 is 0. The molecule has 4 rings (SSSR count). The van der Waals surface area contributed by atoms with Gasteiger partial charge in [0.1, 0.15) is 5.69 Å². The van der Waals surface area contributed by atoms with Gasteiger partial charge in [-0.05, 0) is 37.5 Å². The van der Waals surface area contributed by atoms with Gasteiger partial charge < -0.3 is 0 Å². The number of fused-ring (bicyclic) bond motifs is 2. The highest BCUT2D eigenvalue weighted by Gasteiger charge is 2.34. The second kappa shape index (κ2) is 5.48. The second-order valence-corrected chi connectivity index (χ2v) is 6.53. The van der Waals surface area contributed by atoms with E-state index in [1.54, 1.807) is 28.9 Å². The Hall–Kier alpha value is -3.08. The summed E-state index contributed by atoms with van der Waals surface area (Å²) in [5.74, 6) is -0.439. The number of hydrogen-bond acceptors (Lipinski definition) is 4. The summed E-state index contributed by atoms with van der Waals surface area (Å²) in [6.45, 7) is 6.56. The van der Waals surface area contributed by atoms with E-state index in [4.69, 9.17) is 0 Å². The highest BCUT2D eigenvalue weighted by molar-refractivity contribution is 6.26. The molecule has 0 unspecified atom stereocenters. The molecule has 1 heterocycles. The molecule has 0 saturated heterocycles. The number of hydrogen-bond donors (Lipinski definition) is 0. The molecule has 0 amide bonds. The summed E-state index contributed by atoms with van der Waals surface area (Å²) in [6, 6.07) is 11.1. The molecule has 5 nitrogen and oxygen atoms in total. The van der Waals surface area contributed by atoms with Crippen molar-refractivity contribution in [3.05, 3.63) is 81.2 Å². The Kier molecular flexibility index (Phi) is 3.39. The minimum atomic E-state index is -0.242. The van der Waals surface area contributed by atoms with Gasteiger partial charge in [0.2, 0.25) is 11.6 Å². The van der Waals surface area contributed by atoms with E-state index in [0.717, 1.165) is 16.7 Å². The smallest absolute Gasteiger partial charge is 0.216 e. The van der Waals surface area contributed by atoms with E-state index >= 15 is 0 Å². The number of carbonyl (C=O) groups excluding carboxylic acids is 2. The Morgan fingerprint density at radius 3 is 2.16 bits per heavy atom. The number of carbonyl (C=O) groups is 2. The first-order valence-electron chi connectivity index (χ1n) is 8.16. The van der Waals surface area contributed by atoms with Gasteiger partial charge in [-0.15, -0.1) is 5.10 Å². The number of aromatic nitrogens is 3. The fraction of sp³-hybridized carbons (Fsp3) is 0.200. The minimum absolute atomic E-state index is 0.145. The fourth-order valence-electron chi connectivity index (χ4n) is 3.54. The Morgan fingerprint density at radius 2 is 1.52 bits per heavy atom. The van der Waals surface area contributed by atoms with Crippen molar-refractivity contribution < 1.29 is 9.59 Å². The number of ketones is 2. The van der Waals surface area contributed by atoms with E-state index in [2.05, 4.69) is 29.4 Å². The minimum Gasteiger partial charge on any atom is -0.287 e. The number of aryl methyl sites for hydroxylation is 3. The lowest BCUT2D eigenvalue weighted by molar-refractivity contribution is 0.0971. The highest BCUT2D eigenvalue weighted by atomic mass is 16.1. The van der Waals surface area contributed by atoms with Crippen molar-refractivity contribution in [2.24, 2.45) is 0 Å². The molecule has 0 aliphatic heterocycles. The van der Waals surface area contributed by atoms with Crippen molar-refractivity contribution in [2.75, 3.05) is 0 Å². The largest absolute Gasteiger partial charge is 0.287 e. The number of nitrogens with zero attached hydrogens (tertiary/aromatic N) is 3. The van der Waals surface area contributed by atoms with Crippen molar-refractivity contribution in [3.63, 3.8) is 0 Å². The molecule has 0 spiro atoms. The summed E-state index contributed by atoms with van der Waals surface area (Å²) in [7, 11) is 0. The van der Waals surface area contributed by atoms with Crippen molar-refractivity contribution >= 4 is 11.6 Å². The molecular formula is C20H17N3O2. The zero-order chi connectivity index (χ0) is 17.7. The zero-order valence-corrected chi connectivity index (χ0v) is 14.3. The summed E-state index contributed by atoms with van der Waals surface area (Å²) in [6.07, 6.45) is 0. The van der Waals surface area contributed by atoms with Crippen LogP contribution in [0.25, 0.3) is 0 Å². The maximum atomic E-state index is 12.9. The quantitative estimate of drug-likeness (QED) is 0.566. The molecule has 1 aliphatic rings. The molecule has 0 bridgehead atoms. The number of benzene rings is 2. The van der Waals surface area contributed by atoms with Crippen LogP contribution in [0.5, 0.6) is 0 Å². The van der Waals surface area contributed by atoms with Crippen LogP contribution >= 0.6 is 0 Å². The molecule has 1 aliphatic carbocycles. The Morgan fingerprint density at radius 1 is 0.920 bits per heavy atom. The topological polar surface area (TPSA) is 64.8 Å². The Bertz CT molecular complexity index is 1020. The molecule has 5 heteroatoms. The summed E-state index contributed by atoms with van der Waals surface area (Å²) < 4.78 is 1.55. The predicted octanol–water partition coefficient (Wildman–Crippen LogP) is 3.03. The fourth-order valence-corrected chi connectivity index (χ4v) is 3.54. The summed E-state index contributed by atoms with van der Waals surface area (Å²) in [5, 5.41) is 8.11. The van der Waals surface area contributed by atoms with Gasteiger partial charge in [-0.3, -0.25) is 9.59 Å². The van der Waals surface area contributed by atoms with Gasteiger partial charge in [0.25, 0.3) is 0 Å². The zero-order valence-electron chi connectivity index (χ0n) is 14.3. The first-order chi connectivity index (χ1) is 12.0. The van der Waals surface area contributed by atoms with Crippen molar-refractivity contribution in [3.8, 4) is 0 Å². The molecular weight excluding hydrogens is 314 g/mol. The molecule has 124 valence electrons. The average molecular weight is 331 g/mol. The lowest BCUT2D eigenvalue weighted by Gasteiger charge is -2.16. The maximum Gasteiger partial charge on any atom is 0.216 e. The molecule has 0 N–H and O–H groups in total. The van der Waals surface area contributed by atoms with Crippen LogP contribution in [0, 0.1) is 20.8 Å². The van der Waals surface area contributed by atoms with Crippen LogP contribution in [0.4, 0.5) is 0 Å². The molecule has 0 atom stereocenters. The van der Waals surface area contributed by atoms with Gasteiger partial charge in [0.05, 0.1) is 6.54 Å². The van der Waals surface area contributed by atoms with Crippen LogP contribution in [0.15, 0.2) is 36.4 Å². The highest BCUT2D eigenvalue weighted by Crippen LogP contribution is 2.27. The van der Waals surface area contributed by atoms with E-state index in [0.29, 0.717) is 17.7 Å². The van der Waals surface area contributed by atoms with E-state index in [-0.39, 0.29) is 23.0 Å². The van der Waals surface area contributed by atoms with E-state index < -0.39 is 0 Å². The summed E-state index contributed by atoms with van der Waals surface area (Å²) in [4.78, 5) is 25.5. The van der Waals surface area contributed by atoms with Gasteiger partial charge in [-0.25, -0.2) is 4.68 Å². The van der Waals surface area contributed by atoms with Gasteiger partial charge >= 0.3 is 0 Å². The van der Waals surface area contributed by atoms with Gasteiger partial charge in [-0.2, -0.15) is 0 Å². The van der Waals surface area contributed by atoms with Gasteiger partial charge in [-0.1, -0.05) is 47.2 Å². The maximum absolute atomic E-state index is 12.9. The molecule has 2 aromatic carbocycles. The van der Waals surface area contributed by atoms with Crippen LogP contribution in [0.3, 0.4) is 0 Å². The first-order valence-corrected chi connectivity index (χ1v) is 8.16. The monoisotopic (exact) mass is 331 g/mol.